The van der Waals surface area contributed by atoms with E-state index >= 15 is 0 Å². The Bertz CT molecular complexity index is 1070. The molecule has 0 saturated carbocycles. The fraction of sp³-hybridized carbons (Fsp3) is 0.100. The fourth-order valence-corrected chi connectivity index (χ4v) is 2.99. The number of halogens is 5. The van der Waals surface area contributed by atoms with E-state index in [0.717, 1.165) is 32.9 Å². The van der Waals surface area contributed by atoms with E-state index in [-0.39, 0.29) is 6.61 Å². The first-order valence-corrected chi connectivity index (χ1v) is 12.4. The summed E-state index contributed by atoms with van der Waals surface area (Å²) in [6, 6.07) is 15.2. The van der Waals surface area contributed by atoms with Crippen LogP contribution in [0.3, 0.4) is 0 Å². The average molecular weight is 525 g/mol. The molecule has 4 nitrogen and oxygen atoms in total. The van der Waals surface area contributed by atoms with Gasteiger partial charge in [-0.15, -0.1) is 11.6 Å². The van der Waals surface area contributed by atoms with Crippen molar-refractivity contribution in [3.8, 4) is 0 Å². The topological polar surface area (TPSA) is 63.1 Å². The molecule has 0 atom stereocenters. The summed E-state index contributed by atoms with van der Waals surface area (Å²) >= 11 is 17.3. The van der Waals surface area contributed by atoms with Crippen molar-refractivity contribution in [3.63, 3.8) is 0 Å². The molecule has 0 bridgehead atoms. The highest BCUT2D eigenvalue weighted by Gasteiger charge is 1.98. The van der Waals surface area contributed by atoms with Gasteiger partial charge in [0.15, 0.2) is 0 Å². The number of benzene rings is 2. The number of hydrogen-bond donors (Lipinski definition) is 1. The summed E-state index contributed by atoms with van der Waals surface area (Å²) in [6.07, 6.45) is 3.26. The van der Waals surface area contributed by atoms with Crippen LogP contribution in [-0.2, 0) is 21.7 Å². The highest BCUT2D eigenvalue weighted by molar-refractivity contribution is 8.26. The summed E-state index contributed by atoms with van der Waals surface area (Å²) in [5.41, 5.74) is 3.79. The standard InChI is InChI=1S/C10H7Cl2N.C10H8ClNO.Cl2OS/c11-5-7-1-2-10-8(3-7)4-9(12)6-13-10;11-9-4-8-3-7(6-13)1-2-10(8)12-5-9;1-4(2)3/h1-4,6H,5H2;1-5,13H,6H2;. The number of aliphatic hydroxyl groups is 1. The zero-order chi connectivity index (χ0) is 22.1. The number of nitrogens with zero attached hydrogens (tertiary/aromatic N) is 2. The zero-order valence-corrected chi connectivity index (χ0v) is 19.8. The Balaban J connectivity index is 0.000000182. The van der Waals surface area contributed by atoms with E-state index in [9.17, 15) is 0 Å². The van der Waals surface area contributed by atoms with E-state index in [1.54, 1.807) is 12.4 Å². The molecule has 1 N–H and O–H groups in total. The van der Waals surface area contributed by atoms with Crippen molar-refractivity contribution in [3.05, 3.63) is 82.1 Å². The van der Waals surface area contributed by atoms with Crippen LogP contribution >= 0.6 is 56.2 Å². The first-order valence-electron chi connectivity index (χ1n) is 8.32. The maximum absolute atomic E-state index is 9.09. The van der Waals surface area contributed by atoms with Gasteiger partial charge in [-0.1, -0.05) is 35.3 Å². The summed E-state index contributed by atoms with van der Waals surface area (Å²) in [6.45, 7) is 0.0441. The van der Waals surface area contributed by atoms with Gasteiger partial charge in [-0.2, -0.15) is 0 Å². The number of hydrogen-bond acceptors (Lipinski definition) is 4. The van der Waals surface area contributed by atoms with Crippen LogP contribution in [0.4, 0.5) is 0 Å². The summed E-state index contributed by atoms with van der Waals surface area (Å²) in [7, 11) is 7.36. The zero-order valence-electron chi connectivity index (χ0n) is 15.2. The number of aromatic nitrogens is 2. The molecule has 10 heteroatoms. The van der Waals surface area contributed by atoms with Gasteiger partial charge in [0.1, 0.15) is 0 Å². The van der Waals surface area contributed by atoms with Gasteiger partial charge in [0.05, 0.1) is 27.7 Å². The van der Waals surface area contributed by atoms with Crippen LogP contribution in [0.5, 0.6) is 0 Å². The molecule has 0 amide bonds. The molecule has 0 saturated heterocycles. The predicted octanol–water partition coefficient (Wildman–Crippen LogP) is 7.05. The molecular formula is C20H15Cl5N2O2S. The van der Waals surface area contributed by atoms with E-state index in [2.05, 4.69) is 31.3 Å². The van der Waals surface area contributed by atoms with Crippen molar-refractivity contribution in [2.45, 2.75) is 12.5 Å². The van der Waals surface area contributed by atoms with Crippen molar-refractivity contribution in [2.24, 2.45) is 0 Å². The highest BCUT2D eigenvalue weighted by atomic mass is 36.0. The third kappa shape index (κ3) is 8.16. The number of alkyl halides is 1. The lowest BCUT2D eigenvalue weighted by molar-refractivity contribution is 0.282. The monoisotopic (exact) mass is 522 g/mol. The van der Waals surface area contributed by atoms with Crippen molar-refractivity contribution in [2.75, 3.05) is 0 Å². The van der Waals surface area contributed by atoms with Gasteiger partial charge in [0, 0.05) is 50.4 Å². The van der Waals surface area contributed by atoms with Crippen LogP contribution in [-0.4, -0.2) is 19.3 Å². The van der Waals surface area contributed by atoms with Crippen LogP contribution in [0.25, 0.3) is 21.8 Å². The molecule has 0 fully saturated rings. The molecule has 4 aromatic rings. The number of aliphatic hydroxyl groups excluding tert-OH is 1. The largest absolute Gasteiger partial charge is 0.392 e. The second-order valence-corrected chi connectivity index (χ2v) is 9.50. The molecule has 0 unspecified atom stereocenters. The number of rotatable bonds is 2. The smallest absolute Gasteiger partial charge is 0.211 e. The SMILES string of the molecule is ClCc1ccc2ncc(Cl)cc2c1.O=S(Cl)Cl.OCc1ccc2ncc(Cl)cc2c1. The minimum atomic E-state index is -1.67. The van der Waals surface area contributed by atoms with E-state index < -0.39 is 9.23 Å². The molecule has 30 heavy (non-hydrogen) atoms. The Hall–Kier alpha value is -1.18. The van der Waals surface area contributed by atoms with Crippen LogP contribution < -0.4 is 0 Å². The van der Waals surface area contributed by atoms with E-state index in [4.69, 9.17) is 44.1 Å². The van der Waals surface area contributed by atoms with Gasteiger partial charge >= 0.3 is 0 Å². The molecule has 0 aliphatic heterocycles. The van der Waals surface area contributed by atoms with Crippen LogP contribution in [0.1, 0.15) is 11.1 Å². The molecule has 2 heterocycles. The number of pyridine rings is 2. The molecule has 0 aliphatic rings. The molecule has 0 radical (unpaired) electrons. The maximum atomic E-state index is 9.09. The molecule has 2 aromatic heterocycles. The molecule has 0 spiro atoms. The maximum Gasteiger partial charge on any atom is 0.211 e. The molecule has 2 aromatic carbocycles. The Morgan fingerprint density at radius 3 is 1.67 bits per heavy atom. The van der Waals surface area contributed by atoms with E-state index in [1.165, 1.54) is 0 Å². The quantitative estimate of drug-likeness (QED) is 0.225. The minimum Gasteiger partial charge on any atom is -0.392 e. The van der Waals surface area contributed by atoms with Crippen LogP contribution in [0.2, 0.25) is 10.0 Å². The first-order chi connectivity index (χ1) is 14.3. The molecule has 158 valence electrons. The lowest BCUT2D eigenvalue weighted by Gasteiger charge is -1.99. The fourth-order valence-electron chi connectivity index (χ4n) is 2.49. The van der Waals surface area contributed by atoms with Gasteiger partial charge in [0.2, 0.25) is 9.23 Å². The van der Waals surface area contributed by atoms with Crippen LogP contribution in [0, 0.1) is 0 Å². The molecule has 0 aliphatic carbocycles. The Morgan fingerprint density at radius 1 is 0.800 bits per heavy atom. The lowest BCUT2D eigenvalue weighted by atomic mass is 10.1. The summed E-state index contributed by atoms with van der Waals surface area (Å²) < 4.78 is 9.09. The lowest BCUT2D eigenvalue weighted by Crippen LogP contribution is -1.84. The molecular weight excluding hydrogens is 510 g/mol. The first kappa shape index (κ1) is 25.1. The van der Waals surface area contributed by atoms with Crippen molar-refractivity contribution < 1.29 is 9.32 Å². The Kier molecular flexibility index (Phi) is 10.6. The minimum absolute atomic E-state index is 0.0441. The van der Waals surface area contributed by atoms with Gasteiger partial charge in [-0.3, -0.25) is 9.97 Å². The summed E-state index contributed by atoms with van der Waals surface area (Å²) in [4.78, 5) is 8.32. The normalized spacial score (nSPS) is 10.4. The van der Waals surface area contributed by atoms with Gasteiger partial charge in [-0.05, 0) is 47.5 Å². The van der Waals surface area contributed by atoms with Gasteiger partial charge in [0.25, 0.3) is 0 Å². The van der Waals surface area contributed by atoms with Gasteiger partial charge in [-0.25, -0.2) is 4.21 Å². The van der Waals surface area contributed by atoms with Crippen molar-refractivity contribution in [1.82, 2.24) is 9.97 Å². The van der Waals surface area contributed by atoms with Crippen molar-refractivity contribution >= 4 is 87.2 Å². The summed E-state index contributed by atoms with van der Waals surface area (Å²) in [5, 5.41) is 12.2. The second-order valence-electron chi connectivity index (χ2n) is 5.84. The third-order valence-corrected chi connectivity index (χ3v) is 4.48. The van der Waals surface area contributed by atoms with E-state index in [0.29, 0.717) is 15.9 Å². The second kappa shape index (κ2) is 12.6. The Morgan fingerprint density at radius 2 is 1.23 bits per heavy atom. The van der Waals surface area contributed by atoms with Crippen molar-refractivity contribution in [1.29, 1.82) is 0 Å². The highest BCUT2D eigenvalue weighted by Crippen LogP contribution is 2.19. The summed E-state index contributed by atoms with van der Waals surface area (Å²) in [5.74, 6) is 0.516. The predicted molar refractivity (Wildman–Crippen MR) is 129 cm³/mol. The number of fused-ring (bicyclic) bond motifs is 2. The van der Waals surface area contributed by atoms with Gasteiger partial charge < -0.3 is 5.11 Å². The average Bonchev–Trinajstić information content (AvgIpc) is 2.72. The van der Waals surface area contributed by atoms with Crippen LogP contribution in [0.15, 0.2) is 60.9 Å². The Labute approximate surface area is 200 Å². The van der Waals surface area contributed by atoms with E-state index in [1.807, 2.05) is 48.5 Å². The third-order valence-electron chi connectivity index (χ3n) is 3.76. The molecule has 4 rings (SSSR count).